The van der Waals surface area contributed by atoms with Gasteiger partial charge in [0.1, 0.15) is 0 Å². The number of nitrogens with one attached hydrogen (secondary N) is 1. The zero-order chi connectivity index (χ0) is 14.7. The minimum atomic E-state index is -4.64. The molecule has 3 aromatic rings. The lowest BCUT2D eigenvalue weighted by Crippen LogP contribution is -2.20. The molecule has 0 atom stereocenters. The summed E-state index contributed by atoms with van der Waals surface area (Å²) in [6.07, 6.45) is -4.64. The number of fused-ring (bicyclic) bond motifs is 2. The van der Waals surface area contributed by atoms with Crippen molar-refractivity contribution < 1.29 is 13.2 Å². The number of H-pyrrole nitrogens is 1. The minimum absolute atomic E-state index is 0.160. The van der Waals surface area contributed by atoms with Crippen LogP contribution in [0.2, 0.25) is 0 Å². The van der Waals surface area contributed by atoms with Gasteiger partial charge in [0.25, 0.3) is 5.56 Å². The van der Waals surface area contributed by atoms with E-state index in [1.165, 1.54) is 6.92 Å². The molecule has 0 fully saturated rings. The molecule has 0 saturated carbocycles. The van der Waals surface area contributed by atoms with Crippen molar-refractivity contribution in [3.8, 4) is 0 Å². The molecule has 8 heteroatoms. The third kappa shape index (κ3) is 1.75. The number of aromatic amines is 1. The topological polar surface area (TPSA) is 63.0 Å². The van der Waals surface area contributed by atoms with E-state index in [0.717, 1.165) is 10.6 Å². The molecular weight excluding hydrogens is 273 g/mol. The monoisotopic (exact) mass is 282 g/mol. The molecule has 1 N–H and O–H groups in total. The van der Waals surface area contributed by atoms with Crippen molar-refractivity contribution in [3.05, 3.63) is 39.4 Å². The zero-order valence-corrected chi connectivity index (χ0v) is 10.5. The molecule has 0 amide bonds. The van der Waals surface area contributed by atoms with Gasteiger partial charge in [0.15, 0.2) is 11.3 Å². The molecule has 0 aromatic carbocycles. The number of halogens is 3. The van der Waals surface area contributed by atoms with Gasteiger partial charge < -0.3 is 0 Å². The van der Waals surface area contributed by atoms with E-state index in [-0.39, 0.29) is 17.0 Å². The number of rotatable bonds is 0. The molecule has 5 nitrogen and oxygen atoms in total. The highest BCUT2D eigenvalue weighted by Gasteiger charge is 2.35. The normalized spacial score (nSPS) is 12.4. The number of aryl methyl sites for hydroxylation is 2. The summed E-state index contributed by atoms with van der Waals surface area (Å²) in [6.45, 7) is 3.11. The Labute approximate surface area is 110 Å². The molecule has 3 heterocycles. The van der Waals surface area contributed by atoms with Crippen molar-refractivity contribution >= 4 is 16.7 Å². The SMILES string of the molecule is Cc1cc(C(F)(F)F)c2c(=O)n3[nH]c(C)cc3nc2n1. The van der Waals surface area contributed by atoms with Crippen LogP contribution in [0.4, 0.5) is 13.2 Å². The fraction of sp³-hybridized carbons (Fsp3) is 0.250. The van der Waals surface area contributed by atoms with E-state index in [9.17, 15) is 18.0 Å². The van der Waals surface area contributed by atoms with Gasteiger partial charge >= 0.3 is 6.18 Å². The van der Waals surface area contributed by atoms with Gasteiger partial charge in [-0.15, -0.1) is 0 Å². The first-order valence-electron chi connectivity index (χ1n) is 5.74. The minimum Gasteiger partial charge on any atom is -0.294 e. The average molecular weight is 282 g/mol. The number of hydrogen-bond acceptors (Lipinski definition) is 3. The second-order valence-corrected chi connectivity index (χ2v) is 4.56. The fourth-order valence-electron chi connectivity index (χ4n) is 2.15. The summed E-state index contributed by atoms with van der Waals surface area (Å²) < 4.78 is 40.2. The Morgan fingerprint density at radius 2 is 1.90 bits per heavy atom. The van der Waals surface area contributed by atoms with Crippen LogP contribution in [0.5, 0.6) is 0 Å². The van der Waals surface area contributed by atoms with E-state index < -0.39 is 22.7 Å². The van der Waals surface area contributed by atoms with Gasteiger partial charge in [0, 0.05) is 17.5 Å². The summed E-state index contributed by atoms with van der Waals surface area (Å²) in [4.78, 5) is 20.2. The van der Waals surface area contributed by atoms with E-state index in [1.807, 2.05) is 0 Å². The Bertz CT molecular complexity index is 891. The Morgan fingerprint density at radius 3 is 2.55 bits per heavy atom. The first-order valence-corrected chi connectivity index (χ1v) is 5.74. The molecule has 0 aliphatic carbocycles. The lowest BCUT2D eigenvalue weighted by Gasteiger charge is -2.10. The molecule has 0 saturated heterocycles. The van der Waals surface area contributed by atoms with Crippen LogP contribution in [0.25, 0.3) is 16.7 Å². The standard InChI is InChI=1S/C12H9F3N4O/c1-5-3-7(12(13,14)15)9-10(16-5)17-8-4-6(2)18-19(8)11(9)20/h3-4,18H,1-2H3. The van der Waals surface area contributed by atoms with Crippen LogP contribution in [0, 0.1) is 13.8 Å². The molecule has 0 spiro atoms. The summed E-state index contributed by atoms with van der Waals surface area (Å²) in [5.41, 5.74) is -0.992. The first-order chi connectivity index (χ1) is 9.27. The number of pyridine rings is 1. The van der Waals surface area contributed by atoms with Crippen molar-refractivity contribution in [2.24, 2.45) is 0 Å². The van der Waals surface area contributed by atoms with Gasteiger partial charge in [0.2, 0.25) is 0 Å². The molecule has 104 valence electrons. The Balaban J connectivity index is 2.58. The lowest BCUT2D eigenvalue weighted by atomic mass is 10.1. The second-order valence-electron chi connectivity index (χ2n) is 4.56. The molecule has 20 heavy (non-hydrogen) atoms. The van der Waals surface area contributed by atoms with E-state index >= 15 is 0 Å². The molecule has 0 aliphatic heterocycles. The van der Waals surface area contributed by atoms with Crippen molar-refractivity contribution in [3.63, 3.8) is 0 Å². The molecule has 0 aliphatic rings. The van der Waals surface area contributed by atoms with Crippen LogP contribution in [-0.4, -0.2) is 19.6 Å². The summed E-state index contributed by atoms with van der Waals surface area (Å²) in [5.74, 6) is 0. The van der Waals surface area contributed by atoms with Crippen LogP contribution in [-0.2, 0) is 6.18 Å². The van der Waals surface area contributed by atoms with Crippen LogP contribution < -0.4 is 5.56 Å². The van der Waals surface area contributed by atoms with Crippen molar-refractivity contribution in [2.45, 2.75) is 20.0 Å². The highest BCUT2D eigenvalue weighted by molar-refractivity contribution is 5.80. The van der Waals surface area contributed by atoms with Gasteiger partial charge in [-0.3, -0.25) is 9.89 Å². The predicted molar refractivity (Wildman–Crippen MR) is 65.6 cm³/mol. The number of hydrogen-bond donors (Lipinski definition) is 1. The first kappa shape index (κ1) is 12.6. The average Bonchev–Trinajstić information content (AvgIpc) is 2.67. The third-order valence-corrected chi connectivity index (χ3v) is 2.93. The van der Waals surface area contributed by atoms with Crippen LogP contribution >= 0.6 is 0 Å². The van der Waals surface area contributed by atoms with E-state index in [2.05, 4.69) is 15.1 Å². The maximum absolute atomic E-state index is 13.1. The number of aromatic nitrogens is 4. The molecule has 3 aromatic heterocycles. The number of alkyl halides is 3. The zero-order valence-electron chi connectivity index (χ0n) is 10.5. The maximum atomic E-state index is 13.1. The molecule has 3 rings (SSSR count). The van der Waals surface area contributed by atoms with E-state index in [0.29, 0.717) is 5.69 Å². The summed E-state index contributed by atoms with van der Waals surface area (Å²) in [6, 6.07) is 2.42. The lowest BCUT2D eigenvalue weighted by molar-refractivity contribution is -0.136. The highest BCUT2D eigenvalue weighted by Crippen LogP contribution is 2.33. The molecular formula is C12H9F3N4O. The van der Waals surface area contributed by atoms with E-state index in [1.54, 1.807) is 13.0 Å². The quantitative estimate of drug-likeness (QED) is 0.687. The summed E-state index contributed by atoms with van der Waals surface area (Å²) in [7, 11) is 0. The largest absolute Gasteiger partial charge is 0.417 e. The van der Waals surface area contributed by atoms with Crippen LogP contribution in [0.3, 0.4) is 0 Å². The van der Waals surface area contributed by atoms with Gasteiger partial charge in [0.05, 0.1) is 10.9 Å². The Kier molecular flexibility index (Phi) is 2.41. The maximum Gasteiger partial charge on any atom is 0.417 e. The Morgan fingerprint density at radius 1 is 1.20 bits per heavy atom. The summed E-state index contributed by atoms with van der Waals surface area (Å²) in [5, 5.41) is 2.13. The highest BCUT2D eigenvalue weighted by atomic mass is 19.4. The van der Waals surface area contributed by atoms with Crippen molar-refractivity contribution in [1.29, 1.82) is 0 Å². The van der Waals surface area contributed by atoms with Gasteiger partial charge in [-0.2, -0.15) is 13.2 Å². The van der Waals surface area contributed by atoms with E-state index in [4.69, 9.17) is 0 Å². The third-order valence-electron chi connectivity index (χ3n) is 2.93. The molecule has 0 bridgehead atoms. The molecule has 0 radical (unpaired) electrons. The summed E-state index contributed by atoms with van der Waals surface area (Å²) >= 11 is 0. The molecule has 0 unspecified atom stereocenters. The van der Waals surface area contributed by atoms with Gasteiger partial charge in [-0.25, -0.2) is 14.5 Å². The van der Waals surface area contributed by atoms with Gasteiger partial charge in [-0.05, 0) is 19.9 Å². The smallest absolute Gasteiger partial charge is 0.294 e. The number of nitrogens with zero attached hydrogens (tertiary/aromatic N) is 3. The second kappa shape index (κ2) is 3.81. The van der Waals surface area contributed by atoms with Crippen LogP contribution in [0.1, 0.15) is 17.0 Å². The van der Waals surface area contributed by atoms with Crippen molar-refractivity contribution in [1.82, 2.24) is 19.6 Å². The van der Waals surface area contributed by atoms with Crippen LogP contribution in [0.15, 0.2) is 16.9 Å². The van der Waals surface area contributed by atoms with Gasteiger partial charge in [-0.1, -0.05) is 0 Å². The Hall–Kier alpha value is -2.38. The predicted octanol–water partition coefficient (Wildman–Crippen LogP) is 2.21. The fourth-order valence-corrected chi connectivity index (χ4v) is 2.15. The van der Waals surface area contributed by atoms with Crippen molar-refractivity contribution in [2.75, 3.05) is 0 Å².